The van der Waals surface area contributed by atoms with Gasteiger partial charge in [-0.25, -0.2) is 4.79 Å². The summed E-state index contributed by atoms with van der Waals surface area (Å²) in [7, 11) is -3.42. The van der Waals surface area contributed by atoms with E-state index in [9.17, 15) is 18.9 Å². The molecule has 1 N–H and O–H groups in total. The third-order valence-electron chi connectivity index (χ3n) is 6.81. The number of amides is 1. The number of hydrogen-bond donors (Lipinski definition) is 1. The third-order valence-corrected chi connectivity index (χ3v) is 8.86. The molecule has 3 aromatic carbocycles. The smallest absolute Gasteiger partial charge is 0.349 e. The third kappa shape index (κ3) is 8.03. The van der Waals surface area contributed by atoms with E-state index in [4.69, 9.17) is 18.6 Å². The Morgan fingerprint density at radius 1 is 0.780 bits per heavy atom. The van der Waals surface area contributed by atoms with Crippen molar-refractivity contribution in [1.82, 2.24) is 5.48 Å². The van der Waals surface area contributed by atoms with E-state index in [0.29, 0.717) is 11.1 Å². The Morgan fingerprint density at radius 3 is 2.02 bits per heavy atom. The predicted octanol–water partition coefficient (Wildman–Crippen LogP) is 6.72. The maximum atomic E-state index is 13.4. The van der Waals surface area contributed by atoms with Gasteiger partial charge in [0.25, 0.3) is 0 Å². The van der Waals surface area contributed by atoms with Crippen molar-refractivity contribution >= 4 is 36.2 Å². The van der Waals surface area contributed by atoms with E-state index in [1.807, 2.05) is 54.0 Å². The number of carbonyl (C=O) groups is 3. The van der Waals surface area contributed by atoms with E-state index in [1.54, 1.807) is 33.8 Å². The summed E-state index contributed by atoms with van der Waals surface area (Å²) in [6.07, 6.45) is 0.276. The van der Waals surface area contributed by atoms with Crippen LogP contribution in [0, 0.1) is 5.41 Å². The quantitative estimate of drug-likeness (QED) is 0.102. The first-order valence-electron chi connectivity index (χ1n) is 13.7. The Bertz CT molecular complexity index is 1420. The van der Waals surface area contributed by atoms with Crippen molar-refractivity contribution < 1.29 is 37.6 Å². The van der Waals surface area contributed by atoms with Crippen LogP contribution in [0.2, 0.25) is 0 Å². The molecule has 0 saturated carbocycles. The summed E-state index contributed by atoms with van der Waals surface area (Å²) in [6.45, 7) is 8.39. The zero-order chi connectivity index (χ0) is 30.0. The first-order chi connectivity index (χ1) is 19.6. The highest BCUT2D eigenvalue weighted by Crippen LogP contribution is 2.51. The number of ether oxygens (including phenoxy) is 1. The molecule has 0 saturated heterocycles. The Labute approximate surface area is 241 Å². The minimum absolute atomic E-state index is 0.0357. The minimum Gasteiger partial charge on any atom is -0.460 e. The molecule has 0 aliphatic heterocycles. The van der Waals surface area contributed by atoms with Crippen LogP contribution in [0.5, 0.6) is 0 Å². The van der Waals surface area contributed by atoms with Gasteiger partial charge in [-0.3, -0.25) is 14.2 Å². The van der Waals surface area contributed by atoms with Crippen LogP contribution in [0.3, 0.4) is 0 Å². The molecule has 3 rings (SSSR count). The zero-order valence-corrected chi connectivity index (χ0v) is 25.1. The highest BCUT2D eigenvalue weighted by molar-refractivity contribution is 7.53. The van der Waals surface area contributed by atoms with Crippen molar-refractivity contribution in [2.45, 2.75) is 60.2 Å². The van der Waals surface area contributed by atoms with E-state index in [1.165, 1.54) is 6.92 Å². The first kappa shape index (κ1) is 32.0. The summed E-state index contributed by atoms with van der Waals surface area (Å²) < 4.78 is 30.1. The number of esters is 1. The van der Waals surface area contributed by atoms with Crippen LogP contribution in [0.15, 0.2) is 60.7 Å². The fourth-order valence-corrected chi connectivity index (χ4v) is 6.31. The van der Waals surface area contributed by atoms with Crippen LogP contribution in [0.4, 0.5) is 0 Å². The van der Waals surface area contributed by atoms with E-state index in [0.717, 1.165) is 21.9 Å². The van der Waals surface area contributed by atoms with Crippen LogP contribution in [-0.2, 0) is 50.3 Å². The molecule has 0 atom stereocenters. The average Bonchev–Trinajstić information content (AvgIpc) is 2.95. The number of benzene rings is 3. The topological polar surface area (TPSA) is 117 Å². The van der Waals surface area contributed by atoms with E-state index in [2.05, 4.69) is 6.07 Å². The SMILES string of the molecule is CCOP(=O)(Cc1cc(COC(=O)C(CC)(CC)C(=O)ONC(C)=O)cc(-c2ccc3ccccc3c2)c1)OCC. The molecular formula is C31H38NO8P. The van der Waals surface area contributed by atoms with Crippen molar-refractivity contribution in [3.05, 3.63) is 71.8 Å². The maximum absolute atomic E-state index is 13.4. The first-order valence-corrected chi connectivity index (χ1v) is 15.5. The molecule has 0 aliphatic carbocycles. The highest BCUT2D eigenvalue weighted by Gasteiger charge is 2.46. The van der Waals surface area contributed by atoms with E-state index in [-0.39, 0.29) is 38.8 Å². The van der Waals surface area contributed by atoms with Crippen LogP contribution in [0.1, 0.15) is 58.6 Å². The molecule has 0 spiro atoms. The molecule has 0 aliphatic rings. The molecular weight excluding hydrogens is 545 g/mol. The summed E-state index contributed by atoms with van der Waals surface area (Å²) in [5, 5.41) is 2.16. The molecule has 220 valence electrons. The molecule has 10 heteroatoms. The van der Waals surface area contributed by atoms with Crippen LogP contribution >= 0.6 is 7.60 Å². The van der Waals surface area contributed by atoms with Crippen molar-refractivity contribution in [3.63, 3.8) is 0 Å². The molecule has 0 aromatic heterocycles. The van der Waals surface area contributed by atoms with E-state index < -0.39 is 30.9 Å². The summed E-state index contributed by atoms with van der Waals surface area (Å²) in [6, 6.07) is 19.7. The van der Waals surface area contributed by atoms with Gasteiger partial charge in [-0.15, -0.1) is 0 Å². The largest absolute Gasteiger partial charge is 0.460 e. The molecule has 0 heterocycles. The number of rotatable bonds is 13. The van der Waals surface area contributed by atoms with Crippen LogP contribution in [0.25, 0.3) is 21.9 Å². The summed E-state index contributed by atoms with van der Waals surface area (Å²) in [4.78, 5) is 42.1. The van der Waals surface area contributed by atoms with Gasteiger partial charge in [0.1, 0.15) is 6.61 Å². The standard InChI is InChI=1S/C31H38NO8P/c1-6-31(7-2,30(35)40-32-22(5)33)29(34)37-20-23-16-24(21-41(36,38-8-3)39-9-4)18-28(17-23)27-15-14-25-12-10-11-13-26(25)19-27/h10-19H,6-9,20-21H2,1-5H3,(H,32,33). The van der Waals surface area contributed by atoms with Gasteiger partial charge in [0.2, 0.25) is 5.91 Å². The molecule has 0 fully saturated rings. The van der Waals surface area contributed by atoms with Crippen molar-refractivity contribution in [3.8, 4) is 11.1 Å². The number of hydroxylamine groups is 1. The maximum Gasteiger partial charge on any atom is 0.349 e. The second-order valence-corrected chi connectivity index (χ2v) is 11.7. The average molecular weight is 584 g/mol. The monoisotopic (exact) mass is 583 g/mol. The van der Waals surface area contributed by atoms with Crippen LogP contribution in [-0.4, -0.2) is 31.1 Å². The highest BCUT2D eigenvalue weighted by atomic mass is 31.2. The van der Waals surface area contributed by atoms with Gasteiger partial charge in [-0.1, -0.05) is 62.4 Å². The molecule has 3 aromatic rings. The van der Waals surface area contributed by atoms with E-state index >= 15 is 0 Å². The lowest BCUT2D eigenvalue weighted by Crippen LogP contribution is -2.43. The van der Waals surface area contributed by atoms with Gasteiger partial charge >= 0.3 is 19.5 Å². The summed E-state index contributed by atoms with van der Waals surface area (Å²) in [5.41, 5.74) is 3.49. The Balaban J connectivity index is 1.97. The zero-order valence-electron chi connectivity index (χ0n) is 24.2. The molecule has 0 unspecified atom stereocenters. The number of fused-ring (bicyclic) bond motifs is 1. The lowest BCUT2D eigenvalue weighted by atomic mass is 9.82. The summed E-state index contributed by atoms with van der Waals surface area (Å²) >= 11 is 0. The molecule has 0 radical (unpaired) electrons. The van der Waals surface area contributed by atoms with Gasteiger partial charge in [0, 0.05) is 6.92 Å². The van der Waals surface area contributed by atoms with Crippen molar-refractivity contribution in [1.29, 1.82) is 0 Å². The normalized spacial score (nSPS) is 11.7. The number of nitrogens with one attached hydrogen (secondary N) is 1. The fraction of sp³-hybridized carbons (Fsp3) is 0.387. The molecule has 41 heavy (non-hydrogen) atoms. The molecule has 1 amide bonds. The van der Waals surface area contributed by atoms with Gasteiger partial charge in [-0.2, -0.15) is 5.48 Å². The molecule has 0 bridgehead atoms. The van der Waals surface area contributed by atoms with Gasteiger partial charge in [0.15, 0.2) is 5.41 Å². The number of carbonyl (C=O) groups excluding carboxylic acids is 3. The fourth-order valence-electron chi connectivity index (χ4n) is 4.63. The predicted molar refractivity (Wildman–Crippen MR) is 157 cm³/mol. The Kier molecular flexibility index (Phi) is 11.2. The van der Waals surface area contributed by atoms with Gasteiger partial charge in [0.05, 0.1) is 19.4 Å². The van der Waals surface area contributed by atoms with Gasteiger partial charge in [-0.05, 0) is 71.8 Å². The summed E-state index contributed by atoms with van der Waals surface area (Å²) in [5.74, 6) is -2.21. The van der Waals surface area contributed by atoms with Crippen molar-refractivity contribution in [2.24, 2.45) is 5.41 Å². The second kappa shape index (κ2) is 14.4. The second-order valence-electron chi connectivity index (χ2n) is 9.62. The minimum atomic E-state index is -3.42. The number of hydrogen-bond acceptors (Lipinski definition) is 8. The molecule has 9 nitrogen and oxygen atoms in total. The Morgan fingerprint density at radius 2 is 1.41 bits per heavy atom. The Hall–Kier alpha value is -3.52. The lowest BCUT2D eigenvalue weighted by molar-refractivity contribution is -0.180. The lowest BCUT2D eigenvalue weighted by Gasteiger charge is -2.26. The van der Waals surface area contributed by atoms with Gasteiger partial charge < -0.3 is 18.6 Å². The van der Waals surface area contributed by atoms with Crippen LogP contribution < -0.4 is 5.48 Å². The van der Waals surface area contributed by atoms with Crippen molar-refractivity contribution in [2.75, 3.05) is 13.2 Å².